The summed E-state index contributed by atoms with van der Waals surface area (Å²) in [6.45, 7) is 3.35. The Balaban J connectivity index is 1.49. The first kappa shape index (κ1) is 17.3. The Morgan fingerprint density at radius 1 is 0.960 bits per heavy atom. The summed E-state index contributed by atoms with van der Waals surface area (Å²) in [5.74, 6) is 1.57. The number of unbranched alkanes of at least 4 members (excludes halogenated alkanes) is 1. The van der Waals surface area contributed by atoms with Crippen molar-refractivity contribution in [3.8, 4) is 11.5 Å². The van der Waals surface area contributed by atoms with Gasteiger partial charge in [0.1, 0.15) is 13.2 Å². The van der Waals surface area contributed by atoms with E-state index in [0.717, 1.165) is 29.2 Å². The quantitative estimate of drug-likeness (QED) is 0.815. The van der Waals surface area contributed by atoms with Crippen molar-refractivity contribution in [2.75, 3.05) is 18.5 Å². The number of ether oxygens (including phenoxy) is 2. The normalized spacial score (nSPS) is 12.7. The third-order valence-electron chi connectivity index (χ3n) is 4.30. The fourth-order valence-corrected chi connectivity index (χ4v) is 2.86. The SMILES string of the molecule is CCCCc1ccc(NC(=O)CCc2ccc3c(c2)OCCO3)cc1. The maximum absolute atomic E-state index is 12.2. The first-order chi connectivity index (χ1) is 12.2. The number of fused-ring (bicyclic) bond motifs is 1. The zero-order chi connectivity index (χ0) is 17.5. The van der Waals surface area contributed by atoms with Crippen LogP contribution in [0.2, 0.25) is 0 Å². The molecule has 1 heterocycles. The number of benzene rings is 2. The molecule has 0 fully saturated rings. The number of hydrogen-bond donors (Lipinski definition) is 1. The second-order valence-corrected chi connectivity index (χ2v) is 6.33. The van der Waals surface area contributed by atoms with Gasteiger partial charge in [-0.2, -0.15) is 0 Å². The summed E-state index contributed by atoms with van der Waals surface area (Å²) in [6.07, 6.45) is 4.60. The van der Waals surface area contributed by atoms with Crippen molar-refractivity contribution in [3.05, 3.63) is 53.6 Å². The molecule has 1 N–H and O–H groups in total. The molecule has 1 aliphatic heterocycles. The monoisotopic (exact) mass is 339 g/mol. The van der Waals surface area contributed by atoms with Crippen LogP contribution in [-0.4, -0.2) is 19.1 Å². The summed E-state index contributed by atoms with van der Waals surface area (Å²) < 4.78 is 11.1. The molecular weight excluding hydrogens is 314 g/mol. The summed E-state index contributed by atoms with van der Waals surface area (Å²) in [6, 6.07) is 14.0. The van der Waals surface area contributed by atoms with Gasteiger partial charge < -0.3 is 14.8 Å². The Morgan fingerprint density at radius 3 is 2.44 bits per heavy atom. The number of nitrogens with one attached hydrogen (secondary N) is 1. The summed E-state index contributed by atoms with van der Waals surface area (Å²) in [5, 5.41) is 2.96. The summed E-state index contributed by atoms with van der Waals surface area (Å²) in [7, 11) is 0. The van der Waals surface area contributed by atoms with E-state index >= 15 is 0 Å². The number of hydrogen-bond acceptors (Lipinski definition) is 3. The van der Waals surface area contributed by atoms with E-state index in [4.69, 9.17) is 9.47 Å². The molecule has 1 aliphatic rings. The molecule has 2 aromatic carbocycles. The van der Waals surface area contributed by atoms with E-state index in [1.165, 1.54) is 18.4 Å². The Bertz CT molecular complexity index is 710. The highest BCUT2D eigenvalue weighted by molar-refractivity contribution is 5.90. The van der Waals surface area contributed by atoms with Gasteiger partial charge in [-0.3, -0.25) is 4.79 Å². The topological polar surface area (TPSA) is 47.6 Å². The average molecular weight is 339 g/mol. The van der Waals surface area contributed by atoms with Gasteiger partial charge in [0.15, 0.2) is 11.5 Å². The van der Waals surface area contributed by atoms with E-state index in [0.29, 0.717) is 26.1 Å². The molecule has 1 amide bonds. The number of carbonyl (C=O) groups excluding carboxylic acids is 1. The van der Waals surface area contributed by atoms with Gasteiger partial charge in [-0.1, -0.05) is 31.5 Å². The number of carbonyl (C=O) groups is 1. The molecule has 0 atom stereocenters. The van der Waals surface area contributed by atoms with Crippen LogP contribution < -0.4 is 14.8 Å². The van der Waals surface area contributed by atoms with Gasteiger partial charge in [0, 0.05) is 12.1 Å². The van der Waals surface area contributed by atoms with Crippen LogP contribution in [-0.2, 0) is 17.6 Å². The van der Waals surface area contributed by atoms with Crippen molar-refractivity contribution in [3.63, 3.8) is 0 Å². The molecule has 0 bridgehead atoms. The van der Waals surface area contributed by atoms with E-state index in [1.807, 2.05) is 30.3 Å². The van der Waals surface area contributed by atoms with Crippen LogP contribution in [0.25, 0.3) is 0 Å². The van der Waals surface area contributed by atoms with Crippen molar-refractivity contribution < 1.29 is 14.3 Å². The third-order valence-corrected chi connectivity index (χ3v) is 4.30. The molecule has 0 radical (unpaired) electrons. The Labute approximate surface area is 149 Å². The first-order valence-corrected chi connectivity index (χ1v) is 9.02. The molecule has 132 valence electrons. The van der Waals surface area contributed by atoms with E-state index in [-0.39, 0.29) is 5.91 Å². The molecule has 0 aliphatic carbocycles. The molecule has 0 spiro atoms. The standard InChI is InChI=1S/C21H25NO3/c1-2-3-4-16-5-9-18(10-6-16)22-21(23)12-8-17-7-11-19-20(15-17)25-14-13-24-19/h5-7,9-11,15H,2-4,8,12-14H2,1H3,(H,22,23). The number of aryl methyl sites for hydroxylation is 2. The lowest BCUT2D eigenvalue weighted by Crippen LogP contribution is -2.15. The summed E-state index contributed by atoms with van der Waals surface area (Å²) in [5.41, 5.74) is 3.25. The second kappa shape index (κ2) is 8.56. The first-order valence-electron chi connectivity index (χ1n) is 9.02. The van der Waals surface area contributed by atoms with Crippen LogP contribution in [0.15, 0.2) is 42.5 Å². The van der Waals surface area contributed by atoms with Crippen molar-refractivity contribution in [2.24, 2.45) is 0 Å². The van der Waals surface area contributed by atoms with Gasteiger partial charge in [-0.15, -0.1) is 0 Å². The lowest BCUT2D eigenvalue weighted by molar-refractivity contribution is -0.116. The van der Waals surface area contributed by atoms with Crippen LogP contribution in [0.4, 0.5) is 5.69 Å². The number of amides is 1. The van der Waals surface area contributed by atoms with Crippen molar-refractivity contribution in [1.29, 1.82) is 0 Å². The minimum absolute atomic E-state index is 0.0243. The molecule has 2 aromatic rings. The lowest BCUT2D eigenvalue weighted by Gasteiger charge is -2.18. The molecule has 4 heteroatoms. The molecule has 25 heavy (non-hydrogen) atoms. The highest BCUT2D eigenvalue weighted by Gasteiger charge is 2.12. The zero-order valence-electron chi connectivity index (χ0n) is 14.7. The van der Waals surface area contributed by atoms with Gasteiger partial charge in [-0.25, -0.2) is 0 Å². The average Bonchev–Trinajstić information content (AvgIpc) is 2.65. The van der Waals surface area contributed by atoms with E-state index in [9.17, 15) is 4.79 Å². The van der Waals surface area contributed by atoms with Crippen LogP contribution in [0.1, 0.15) is 37.3 Å². The van der Waals surface area contributed by atoms with Crippen molar-refractivity contribution in [1.82, 2.24) is 0 Å². The lowest BCUT2D eigenvalue weighted by atomic mass is 10.1. The summed E-state index contributed by atoms with van der Waals surface area (Å²) >= 11 is 0. The van der Waals surface area contributed by atoms with Crippen molar-refractivity contribution >= 4 is 11.6 Å². The highest BCUT2D eigenvalue weighted by atomic mass is 16.6. The van der Waals surface area contributed by atoms with Gasteiger partial charge in [0.2, 0.25) is 5.91 Å². The van der Waals surface area contributed by atoms with Crippen LogP contribution in [0.3, 0.4) is 0 Å². The van der Waals surface area contributed by atoms with Crippen LogP contribution in [0.5, 0.6) is 11.5 Å². The smallest absolute Gasteiger partial charge is 0.224 e. The fraction of sp³-hybridized carbons (Fsp3) is 0.381. The van der Waals surface area contributed by atoms with Crippen molar-refractivity contribution in [2.45, 2.75) is 39.0 Å². The number of rotatable bonds is 7. The van der Waals surface area contributed by atoms with E-state index in [1.54, 1.807) is 0 Å². The zero-order valence-corrected chi connectivity index (χ0v) is 14.7. The van der Waals surface area contributed by atoms with E-state index < -0.39 is 0 Å². The predicted molar refractivity (Wildman–Crippen MR) is 99.4 cm³/mol. The Kier molecular flexibility index (Phi) is 5.94. The Morgan fingerprint density at radius 2 is 1.68 bits per heavy atom. The van der Waals surface area contributed by atoms with E-state index in [2.05, 4.69) is 24.4 Å². The molecule has 4 nitrogen and oxygen atoms in total. The minimum Gasteiger partial charge on any atom is -0.486 e. The van der Waals surface area contributed by atoms with Gasteiger partial charge in [-0.05, 0) is 54.7 Å². The predicted octanol–water partition coefficient (Wildman–Crippen LogP) is 4.37. The molecular formula is C21H25NO3. The molecule has 0 aromatic heterocycles. The van der Waals surface area contributed by atoms with Gasteiger partial charge in [0.05, 0.1) is 0 Å². The third kappa shape index (κ3) is 4.99. The molecule has 0 unspecified atom stereocenters. The maximum Gasteiger partial charge on any atom is 0.224 e. The number of anilines is 1. The molecule has 0 saturated heterocycles. The van der Waals surface area contributed by atoms with Crippen LogP contribution >= 0.6 is 0 Å². The largest absolute Gasteiger partial charge is 0.486 e. The molecule has 3 rings (SSSR count). The van der Waals surface area contributed by atoms with Gasteiger partial charge in [0.25, 0.3) is 0 Å². The summed E-state index contributed by atoms with van der Waals surface area (Å²) in [4.78, 5) is 12.2. The van der Waals surface area contributed by atoms with Gasteiger partial charge >= 0.3 is 0 Å². The molecule has 0 saturated carbocycles. The van der Waals surface area contributed by atoms with Crippen LogP contribution in [0, 0.1) is 0 Å². The second-order valence-electron chi connectivity index (χ2n) is 6.33. The minimum atomic E-state index is 0.0243. The Hall–Kier alpha value is -2.49. The fourth-order valence-electron chi connectivity index (χ4n) is 2.86. The maximum atomic E-state index is 12.2. The highest BCUT2D eigenvalue weighted by Crippen LogP contribution is 2.31.